The summed E-state index contributed by atoms with van der Waals surface area (Å²) in [4.78, 5) is 2.17. The maximum absolute atomic E-state index is 8.65. The summed E-state index contributed by atoms with van der Waals surface area (Å²) in [7, 11) is 1.95. The number of ether oxygens (including phenoxy) is 2. The molecule has 0 aliphatic carbocycles. The molecule has 146 valence electrons. The van der Waals surface area contributed by atoms with Crippen LogP contribution in [0.25, 0.3) is 0 Å². The summed E-state index contributed by atoms with van der Waals surface area (Å²) in [5, 5.41) is 20.4. The second-order valence-electron chi connectivity index (χ2n) is 5.48. The highest BCUT2D eigenvalue weighted by molar-refractivity contribution is 4.76. The summed E-state index contributed by atoms with van der Waals surface area (Å²) in [5.74, 6) is 0. The van der Waals surface area contributed by atoms with Gasteiger partial charge in [-0.15, -0.1) is 0 Å². The lowest BCUT2D eigenvalue weighted by molar-refractivity contribution is -0.131. The maximum Gasteiger partial charge on any atom is 0.154 e. The SMILES string of the molecule is CC.CNCCCCOC(C)OCCCCN(CCC#N)CCC#N. The molecule has 0 rings (SSSR count). The Morgan fingerprint density at radius 3 is 1.88 bits per heavy atom. The first-order chi connectivity index (χ1) is 12.2. The number of unbranched alkanes of at least 4 members (excludes halogenated alkanes) is 2. The van der Waals surface area contributed by atoms with Crippen LogP contribution in [-0.4, -0.2) is 57.6 Å². The average Bonchev–Trinajstić information content (AvgIpc) is 2.64. The number of hydrogen-bond acceptors (Lipinski definition) is 6. The third-order valence-electron chi connectivity index (χ3n) is 3.47. The van der Waals surface area contributed by atoms with Gasteiger partial charge < -0.3 is 19.7 Å². The Bertz CT molecular complexity index is 321. The van der Waals surface area contributed by atoms with E-state index in [4.69, 9.17) is 20.0 Å². The lowest BCUT2D eigenvalue weighted by Gasteiger charge is -2.20. The Hall–Kier alpha value is -1.18. The fraction of sp³-hybridized carbons (Fsp3) is 0.895. The van der Waals surface area contributed by atoms with Crippen LogP contribution in [0.3, 0.4) is 0 Å². The first-order valence-corrected chi connectivity index (χ1v) is 9.58. The minimum atomic E-state index is -0.155. The molecule has 6 heteroatoms. The van der Waals surface area contributed by atoms with Crippen LogP contribution >= 0.6 is 0 Å². The van der Waals surface area contributed by atoms with Crippen LogP contribution in [0.2, 0.25) is 0 Å². The average molecular weight is 355 g/mol. The summed E-state index contributed by atoms with van der Waals surface area (Å²) in [6.45, 7) is 10.8. The van der Waals surface area contributed by atoms with Gasteiger partial charge in [0.05, 0.1) is 12.1 Å². The van der Waals surface area contributed by atoms with E-state index in [-0.39, 0.29) is 6.29 Å². The largest absolute Gasteiger partial charge is 0.353 e. The zero-order chi connectivity index (χ0) is 19.2. The number of rotatable bonds is 16. The summed E-state index contributed by atoms with van der Waals surface area (Å²) in [6.07, 6.45) is 5.00. The molecule has 0 aliphatic rings. The third-order valence-corrected chi connectivity index (χ3v) is 3.47. The van der Waals surface area contributed by atoms with Gasteiger partial charge in [-0.3, -0.25) is 0 Å². The molecule has 0 saturated carbocycles. The van der Waals surface area contributed by atoms with Crippen LogP contribution < -0.4 is 5.32 Å². The lowest BCUT2D eigenvalue weighted by Crippen LogP contribution is -2.27. The van der Waals surface area contributed by atoms with E-state index in [2.05, 4.69) is 22.4 Å². The van der Waals surface area contributed by atoms with Gasteiger partial charge in [-0.25, -0.2) is 0 Å². The second-order valence-corrected chi connectivity index (χ2v) is 5.48. The zero-order valence-corrected chi connectivity index (χ0v) is 16.7. The van der Waals surface area contributed by atoms with Gasteiger partial charge in [0.15, 0.2) is 6.29 Å². The molecule has 0 aromatic heterocycles. The zero-order valence-electron chi connectivity index (χ0n) is 16.7. The minimum absolute atomic E-state index is 0.155. The number of nitrogens with zero attached hydrogens (tertiary/aromatic N) is 3. The van der Waals surface area contributed by atoms with E-state index < -0.39 is 0 Å². The molecule has 0 radical (unpaired) electrons. The van der Waals surface area contributed by atoms with Gasteiger partial charge in [-0.2, -0.15) is 10.5 Å². The van der Waals surface area contributed by atoms with Crippen molar-refractivity contribution in [2.75, 3.05) is 46.4 Å². The molecular weight excluding hydrogens is 316 g/mol. The molecule has 0 fully saturated rings. The van der Waals surface area contributed by atoms with Crippen LogP contribution in [0.5, 0.6) is 0 Å². The van der Waals surface area contributed by atoms with Gasteiger partial charge in [0.25, 0.3) is 0 Å². The van der Waals surface area contributed by atoms with Gasteiger partial charge >= 0.3 is 0 Å². The van der Waals surface area contributed by atoms with Gasteiger partial charge in [0.1, 0.15) is 0 Å². The van der Waals surface area contributed by atoms with E-state index in [0.29, 0.717) is 19.4 Å². The fourth-order valence-corrected chi connectivity index (χ4v) is 2.14. The standard InChI is InChI=1S/C17H32N4O2.C2H6/c1-17(22-15-5-3-11-20-2)23-16-6-4-12-21(13-7-9-18)14-8-10-19;1-2/h17,20H,3-8,11-16H2,1-2H3;1-2H3. The molecule has 1 unspecified atom stereocenters. The molecule has 0 aromatic carbocycles. The molecule has 25 heavy (non-hydrogen) atoms. The van der Waals surface area contributed by atoms with E-state index in [9.17, 15) is 0 Å². The summed E-state index contributed by atoms with van der Waals surface area (Å²) in [5.41, 5.74) is 0. The van der Waals surface area contributed by atoms with E-state index in [1.807, 2.05) is 27.8 Å². The summed E-state index contributed by atoms with van der Waals surface area (Å²) >= 11 is 0. The molecule has 1 N–H and O–H groups in total. The summed E-state index contributed by atoms with van der Waals surface area (Å²) in [6, 6.07) is 4.31. The Morgan fingerprint density at radius 2 is 1.40 bits per heavy atom. The van der Waals surface area contributed by atoms with Crippen molar-refractivity contribution in [1.82, 2.24) is 10.2 Å². The van der Waals surface area contributed by atoms with Crippen LogP contribution in [0.15, 0.2) is 0 Å². The van der Waals surface area contributed by atoms with Crippen molar-refractivity contribution in [3.63, 3.8) is 0 Å². The van der Waals surface area contributed by atoms with Gasteiger partial charge in [-0.1, -0.05) is 13.8 Å². The highest BCUT2D eigenvalue weighted by Gasteiger charge is 2.05. The molecule has 6 nitrogen and oxygen atoms in total. The van der Waals surface area contributed by atoms with Crippen LogP contribution in [0.4, 0.5) is 0 Å². The number of nitrogens with one attached hydrogen (secondary N) is 1. The molecule has 0 aromatic rings. The third kappa shape index (κ3) is 20.8. The highest BCUT2D eigenvalue weighted by Crippen LogP contribution is 2.02. The van der Waals surface area contributed by atoms with Crippen molar-refractivity contribution >= 4 is 0 Å². The molecule has 0 heterocycles. The molecule has 0 bridgehead atoms. The maximum atomic E-state index is 8.65. The van der Waals surface area contributed by atoms with Crippen molar-refractivity contribution < 1.29 is 9.47 Å². The highest BCUT2D eigenvalue weighted by atomic mass is 16.7. The van der Waals surface area contributed by atoms with Crippen molar-refractivity contribution in [1.29, 1.82) is 10.5 Å². The van der Waals surface area contributed by atoms with Crippen LogP contribution in [-0.2, 0) is 9.47 Å². The van der Waals surface area contributed by atoms with E-state index in [1.165, 1.54) is 0 Å². The van der Waals surface area contributed by atoms with Crippen molar-refractivity contribution in [3.8, 4) is 12.1 Å². The molecule has 0 saturated heterocycles. The van der Waals surface area contributed by atoms with Gasteiger partial charge in [-0.05, 0) is 52.7 Å². The Morgan fingerprint density at radius 1 is 0.880 bits per heavy atom. The predicted molar refractivity (Wildman–Crippen MR) is 102 cm³/mol. The van der Waals surface area contributed by atoms with Crippen molar-refractivity contribution in [3.05, 3.63) is 0 Å². The van der Waals surface area contributed by atoms with Crippen LogP contribution in [0, 0.1) is 22.7 Å². The topological polar surface area (TPSA) is 81.3 Å². The van der Waals surface area contributed by atoms with E-state index in [1.54, 1.807) is 0 Å². The van der Waals surface area contributed by atoms with E-state index >= 15 is 0 Å². The molecular formula is C19H38N4O2. The molecule has 0 amide bonds. The quantitative estimate of drug-likeness (QED) is 0.338. The fourth-order valence-electron chi connectivity index (χ4n) is 2.14. The molecule has 0 aliphatic heterocycles. The molecule has 1 atom stereocenters. The second kappa shape index (κ2) is 22.8. The van der Waals surface area contributed by atoms with Gasteiger partial charge in [0, 0.05) is 39.1 Å². The monoisotopic (exact) mass is 354 g/mol. The first kappa shape index (κ1) is 26.1. The Kier molecular flexibility index (Phi) is 23.8. The Labute approximate surface area is 155 Å². The minimum Gasteiger partial charge on any atom is -0.353 e. The first-order valence-electron chi connectivity index (χ1n) is 9.58. The van der Waals surface area contributed by atoms with Gasteiger partial charge in [0.2, 0.25) is 0 Å². The lowest BCUT2D eigenvalue weighted by atomic mass is 10.2. The van der Waals surface area contributed by atoms with Crippen LogP contribution in [0.1, 0.15) is 59.3 Å². The smallest absolute Gasteiger partial charge is 0.154 e. The van der Waals surface area contributed by atoms with Crippen molar-refractivity contribution in [2.45, 2.75) is 65.6 Å². The molecule has 0 spiro atoms. The summed E-state index contributed by atoms with van der Waals surface area (Å²) < 4.78 is 11.2. The number of hydrogen-bond donors (Lipinski definition) is 1. The predicted octanol–water partition coefficient (Wildman–Crippen LogP) is 3.30. The normalized spacial score (nSPS) is 11.3. The van der Waals surface area contributed by atoms with Crippen molar-refractivity contribution in [2.24, 2.45) is 0 Å². The van der Waals surface area contributed by atoms with E-state index in [0.717, 1.165) is 58.5 Å². The number of nitriles is 2. The Balaban J connectivity index is 0.